The van der Waals surface area contributed by atoms with E-state index in [4.69, 9.17) is 0 Å². The molecule has 3 rings (SSSR count). The molecule has 0 radical (unpaired) electrons. The second kappa shape index (κ2) is 8.47. The first-order valence-electron chi connectivity index (χ1n) is 8.34. The second-order valence-electron chi connectivity index (χ2n) is 6.03. The number of rotatable bonds is 5. The Balaban J connectivity index is 1.56. The fraction of sp³-hybridized carbons (Fsp3) is 0.211. The molecule has 9 heteroatoms. The van der Waals surface area contributed by atoms with Crippen LogP contribution in [0.4, 0.5) is 18.9 Å². The van der Waals surface area contributed by atoms with Gasteiger partial charge in [0.15, 0.2) is 5.17 Å². The van der Waals surface area contributed by atoms with Crippen LogP contribution in [-0.4, -0.2) is 22.2 Å². The molecule has 0 saturated carbocycles. The van der Waals surface area contributed by atoms with E-state index in [0.717, 1.165) is 29.5 Å². The van der Waals surface area contributed by atoms with Crippen molar-refractivity contribution in [2.24, 2.45) is 4.99 Å². The number of amides is 2. The third kappa shape index (κ3) is 5.35. The number of amidine groups is 1. The van der Waals surface area contributed by atoms with Crippen LogP contribution in [0.3, 0.4) is 0 Å². The molecular formula is C19H16F3N3O2S. The Morgan fingerprint density at radius 1 is 1.14 bits per heavy atom. The van der Waals surface area contributed by atoms with Crippen molar-refractivity contribution in [2.45, 2.75) is 24.4 Å². The lowest BCUT2D eigenvalue weighted by molar-refractivity contribution is -0.137. The summed E-state index contributed by atoms with van der Waals surface area (Å²) in [5, 5.41) is 4.76. The fourth-order valence-corrected chi connectivity index (χ4v) is 3.48. The van der Waals surface area contributed by atoms with Crippen molar-refractivity contribution >= 4 is 34.4 Å². The molecule has 5 nitrogen and oxygen atoms in total. The van der Waals surface area contributed by atoms with Gasteiger partial charge in [0.25, 0.3) is 0 Å². The van der Waals surface area contributed by atoms with E-state index in [1.165, 1.54) is 12.1 Å². The normalized spacial score (nSPS) is 18.2. The standard InChI is InChI=1S/C19H16F3N3O2S/c20-19(21,22)13-7-4-8-14(9-13)24-16(26)10-15-17(27)25-18(28-15)23-11-12-5-2-1-3-6-12/h1-9,15H,10-11H2,(H,24,26)(H,23,25,27)/t15-/m0/s1. The molecule has 0 unspecified atom stereocenters. The number of halogens is 3. The molecule has 2 aromatic carbocycles. The van der Waals surface area contributed by atoms with Crippen LogP contribution in [0, 0.1) is 0 Å². The number of carbonyl (C=O) groups is 2. The van der Waals surface area contributed by atoms with Crippen molar-refractivity contribution in [3.63, 3.8) is 0 Å². The largest absolute Gasteiger partial charge is 0.416 e. The van der Waals surface area contributed by atoms with Crippen LogP contribution in [0.1, 0.15) is 17.5 Å². The molecule has 1 atom stereocenters. The summed E-state index contributed by atoms with van der Waals surface area (Å²) in [7, 11) is 0. The number of benzene rings is 2. The van der Waals surface area contributed by atoms with Crippen LogP contribution in [0.5, 0.6) is 0 Å². The van der Waals surface area contributed by atoms with Crippen LogP contribution in [0.25, 0.3) is 0 Å². The molecule has 0 spiro atoms. The van der Waals surface area contributed by atoms with E-state index in [2.05, 4.69) is 15.6 Å². The average Bonchev–Trinajstić information content (AvgIpc) is 3.00. The minimum Gasteiger partial charge on any atom is -0.326 e. The fourth-order valence-electron chi connectivity index (χ4n) is 2.51. The predicted molar refractivity (Wildman–Crippen MR) is 102 cm³/mol. The topological polar surface area (TPSA) is 70.6 Å². The van der Waals surface area contributed by atoms with Crippen molar-refractivity contribution in [1.82, 2.24) is 5.32 Å². The highest BCUT2D eigenvalue weighted by Crippen LogP contribution is 2.31. The maximum Gasteiger partial charge on any atom is 0.416 e. The number of nitrogens with one attached hydrogen (secondary N) is 2. The molecule has 0 aromatic heterocycles. The summed E-state index contributed by atoms with van der Waals surface area (Å²) >= 11 is 1.13. The van der Waals surface area contributed by atoms with Gasteiger partial charge in [-0.25, -0.2) is 0 Å². The highest BCUT2D eigenvalue weighted by atomic mass is 32.2. The lowest BCUT2D eigenvalue weighted by atomic mass is 10.2. The number of hydrogen-bond donors (Lipinski definition) is 2. The summed E-state index contributed by atoms with van der Waals surface area (Å²) in [5.74, 6) is -0.896. The van der Waals surface area contributed by atoms with Gasteiger partial charge in [0, 0.05) is 12.1 Å². The van der Waals surface area contributed by atoms with Crippen LogP contribution in [-0.2, 0) is 22.3 Å². The smallest absolute Gasteiger partial charge is 0.326 e. The van der Waals surface area contributed by atoms with Crippen LogP contribution in [0.15, 0.2) is 59.6 Å². The minimum atomic E-state index is -4.49. The van der Waals surface area contributed by atoms with Crippen LogP contribution >= 0.6 is 11.8 Å². The molecular weight excluding hydrogens is 391 g/mol. The van der Waals surface area contributed by atoms with Crippen molar-refractivity contribution in [1.29, 1.82) is 0 Å². The summed E-state index contributed by atoms with van der Waals surface area (Å²) in [4.78, 5) is 28.5. The van der Waals surface area contributed by atoms with E-state index >= 15 is 0 Å². The number of nitrogens with zero attached hydrogens (tertiary/aromatic N) is 1. The molecule has 1 fully saturated rings. The Morgan fingerprint density at radius 2 is 1.89 bits per heavy atom. The van der Waals surface area contributed by atoms with E-state index in [-0.39, 0.29) is 18.0 Å². The first-order chi connectivity index (χ1) is 13.3. The molecule has 2 N–H and O–H groups in total. The lowest BCUT2D eigenvalue weighted by Crippen LogP contribution is -2.28. The number of hydrogen-bond acceptors (Lipinski definition) is 4. The van der Waals surface area contributed by atoms with Gasteiger partial charge in [-0.2, -0.15) is 13.2 Å². The molecule has 0 aliphatic carbocycles. The summed E-state index contributed by atoms with van der Waals surface area (Å²) in [6.07, 6.45) is -4.66. The zero-order valence-electron chi connectivity index (χ0n) is 14.5. The Labute approximate surface area is 163 Å². The van der Waals surface area contributed by atoms with Gasteiger partial charge in [-0.15, -0.1) is 0 Å². The SMILES string of the molecule is O=C(C[C@@H]1SC(=NCc2ccccc2)NC1=O)Nc1cccc(C(F)(F)F)c1. The zero-order valence-corrected chi connectivity index (χ0v) is 15.3. The highest BCUT2D eigenvalue weighted by Gasteiger charge is 2.33. The Morgan fingerprint density at radius 3 is 2.61 bits per heavy atom. The predicted octanol–water partition coefficient (Wildman–Crippen LogP) is 3.82. The van der Waals surface area contributed by atoms with Gasteiger partial charge >= 0.3 is 6.18 Å². The van der Waals surface area contributed by atoms with Crippen molar-refractivity contribution in [3.05, 3.63) is 65.7 Å². The molecule has 0 bridgehead atoms. The van der Waals surface area contributed by atoms with Crippen LogP contribution in [0.2, 0.25) is 0 Å². The van der Waals surface area contributed by atoms with Gasteiger partial charge in [-0.1, -0.05) is 48.2 Å². The molecule has 1 saturated heterocycles. The third-order valence-electron chi connectivity index (χ3n) is 3.87. The minimum absolute atomic E-state index is 0.0289. The lowest BCUT2D eigenvalue weighted by Gasteiger charge is -2.10. The summed E-state index contributed by atoms with van der Waals surface area (Å²) in [5.41, 5.74) is 0.158. The second-order valence-corrected chi connectivity index (χ2v) is 7.23. The molecule has 1 heterocycles. The van der Waals surface area contributed by atoms with E-state index in [1.807, 2.05) is 30.3 Å². The van der Waals surface area contributed by atoms with E-state index in [9.17, 15) is 22.8 Å². The zero-order chi connectivity index (χ0) is 20.1. The quantitative estimate of drug-likeness (QED) is 0.792. The molecule has 2 amide bonds. The number of anilines is 1. The monoisotopic (exact) mass is 407 g/mol. The van der Waals surface area contributed by atoms with Crippen molar-refractivity contribution in [2.75, 3.05) is 5.32 Å². The number of thioether (sulfide) groups is 1. The summed E-state index contributed by atoms with van der Waals surface area (Å²) in [6.45, 7) is 0.395. The van der Waals surface area contributed by atoms with Crippen LogP contribution < -0.4 is 10.6 Å². The number of alkyl halides is 3. The van der Waals surface area contributed by atoms with Gasteiger partial charge < -0.3 is 10.6 Å². The van der Waals surface area contributed by atoms with Gasteiger partial charge in [0.2, 0.25) is 11.8 Å². The highest BCUT2D eigenvalue weighted by molar-refractivity contribution is 8.15. The molecule has 28 heavy (non-hydrogen) atoms. The Kier molecular flexibility index (Phi) is 6.03. The average molecular weight is 407 g/mol. The van der Waals surface area contributed by atoms with E-state index in [0.29, 0.717) is 11.7 Å². The van der Waals surface area contributed by atoms with Crippen molar-refractivity contribution in [3.8, 4) is 0 Å². The maximum absolute atomic E-state index is 12.7. The number of aliphatic imine (C=N–C) groups is 1. The third-order valence-corrected chi connectivity index (χ3v) is 4.99. The van der Waals surface area contributed by atoms with Gasteiger partial charge in [0.1, 0.15) is 5.25 Å². The first kappa shape index (κ1) is 19.9. The maximum atomic E-state index is 12.7. The number of carbonyl (C=O) groups excluding carboxylic acids is 2. The van der Waals surface area contributed by atoms with Crippen molar-refractivity contribution < 1.29 is 22.8 Å². The Hall–Kier alpha value is -2.81. The first-order valence-corrected chi connectivity index (χ1v) is 9.22. The van der Waals surface area contributed by atoms with E-state index in [1.54, 1.807) is 0 Å². The molecule has 1 aliphatic rings. The van der Waals surface area contributed by atoms with Gasteiger partial charge in [-0.3, -0.25) is 14.6 Å². The van der Waals surface area contributed by atoms with E-state index < -0.39 is 22.9 Å². The molecule has 1 aliphatic heterocycles. The Bertz CT molecular complexity index is 901. The summed E-state index contributed by atoms with van der Waals surface area (Å²) < 4.78 is 38.2. The van der Waals surface area contributed by atoms with Gasteiger partial charge in [0.05, 0.1) is 12.1 Å². The molecule has 2 aromatic rings. The summed E-state index contributed by atoms with van der Waals surface area (Å²) in [6, 6.07) is 13.8. The molecule has 146 valence electrons. The van der Waals surface area contributed by atoms with Gasteiger partial charge in [-0.05, 0) is 23.8 Å².